The standard InChI is InChI=1S/C10H9NO/c1-8(12)11-7-6-9-4-2-3-5-10(9)11/h2-7H,1H3. The highest BCUT2D eigenvalue weighted by molar-refractivity contribution is 5.91. The highest BCUT2D eigenvalue weighted by Gasteiger charge is 2.01. The molecule has 12 heavy (non-hydrogen) atoms. The van der Waals surface area contributed by atoms with E-state index in [1.165, 1.54) is 0 Å². The molecule has 0 bridgehead atoms. The molecule has 0 atom stereocenters. The van der Waals surface area contributed by atoms with Gasteiger partial charge in [-0.25, -0.2) is 0 Å². The number of rotatable bonds is 0. The summed E-state index contributed by atoms with van der Waals surface area (Å²) < 4.78 is 1.65. The van der Waals surface area contributed by atoms with Crippen molar-refractivity contribution in [3.63, 3.8) is 0 Å². The number of nitrogens with zero attached hydrogens (tertiary/aromatic N) is 1. The molecule has 2 rings (SSSR count). The predicted molar refractivity (Wildman–Crippen MR) is 48.2 cm³/mol. The van der Waals surface area contributed by atoms with Gasteiger partial charge in [-0.15, -0.1) is 0 Å². The van der Waals surface area contributed by atoms with Crippen molar-refractivity contribution >= 4 is 16.8 Å². The monoisotopic (exact) mass is 159 g/mol. The molecule has 2 nitrogen and oxygen atoms in total. The van der Waals surface area contributed by atoms with Crippen LogP contribution in [0.5, 0.6) is 0 Å². The number of benzene rings is 1. The van der Waals surface area contributed by atoms with Crippen molar-refractivity contribution in [2.24, 2.45) is 0 Å². The van der Waals surface area contributed by atoms with Gasteiger partial charge in [-0.2, -0.15) is 0 Å². The summed E-state index contributed by atoms with van der Waals surface area (Å²) in [7, 11) is 0. The SMILES string of the molecule is CC(=O)n1ccc2ccccc21. The van der Waals surface area contributed by atoms with Crippen LogP contribution in [0.25, 0.3) is 10.9 Å². The zero-order valence-corrected chi connectivity index (χ0v) is 6.82. The molecule has 0 saturated carbocycles. The van der Waals surface area contributed by atoms with E-state index in [2.05, 4.69) is 0 Å². The molecule has 0 amide bonds. The Kier molecular flexibility index (Phi) is 1.47. The maximum absolute atomic E-state index is 11.1. The van der Waals surface area contributed by atoms with Crippen LogP contribution in [-0.4, -0.2) is 10.5 Å². The minimum atomic E-state index is 0.0520. The van der Waals surface area contributed by atoms with E-state index >= 15 is 0 Å². The first-order valence-corrected chi connectivity index (χ1v) is 3.86. The molecule has 2 heteroatoms. The Morgan fingerprint density at radius 2 is 2.00 bits per heavy atom. The number of hydrogen-bond donors (Lipinski definition) is 0. The van der Waals surface area contributed by atoms with Crippen molar-refractivity contribution in [3.8, 4) is 0 Å². The number of fused-ring (bicyclic) bond motifs is 1. The molecule has 1 aromatic heterocycles. The third-order valence-electron chi connectivity index (χ3n) is 1.94. The van der Waals surface area contributed by atoms with E-state index in [1.54, 1.807) is 17.7 Å². The van der Waals surface area contributed by atoms with Crippen LogP contribution in [0.4, 0.5) is 0 Å². The Bertz CT molecular complexity index is 428. The van der Waals surface area contributed by atoms with Gasteiger partial charge in [-0.1, -0.05) is 18.2 Å². The molecule has 0 aliphatic rings. The first-order chi connectivity index (χ1) is 5.79. The second-order valence-electron chi connectivity index (χ2n) is 2.76. The number of para-hydroxylation sites is 1. The van der Waals surface area contributed by atoms with Crippen molar-refractivity contribution in [2.45, 2.75) is 6.92 Å². The zero-order chi connectivity index (χ0) is 8.55. The third-order valence-corrected chi connectivity index (χ3v) is 1.94. The van der Waals surface area contributed by atoms with Gasteiger partial charge in [0.25, 0.3) is 0 Å². The summed E-state index contributed by atoms with van der Waals surface area (Å²) in [4.78, 5) is 11.1. The van der Waals surface area contributed by atoms with Gasteiger partial charge in [0.1, 0.15) is 0 Å². The van der Waals surface area contributed by atoms with Crippen LogP contribution in [0.2, 0.25) is 0 Å². The van der Waals surface area contributed by atoms with Gasteiger partial charge in [-0.05, 0) is 12.1 Å². The molecule has 0 saturated heterocycles. The first kappa shape index (κ1) is 7.10. The maximum Gasteiger partial charge on any atom is 0.227 e. The molecule has 60 valence electrons. The maximum atomic E-state index is 11.1. The van der Waals surface area contributed by atoms with E-state index < -0.39 is 0 Å². The predicted octanol–water partition coefficient (Wildman–Crippen LogP) is 2.30. The summed E-state index contributed by atoms with van der Waals surface area (Å²) in [5, 5.41) is 1.10. The number of aromatic nitrogens is 1. The van der Waals surface area contributed by atoms with E-state index in [0.717, 1.165) is 10.9 Å². The molecular formula is C10H9NO. The van der Waals surface area contributed by atoms with Crippen LogP contribution in [0.15, 0.2) is 36.5 Å². The molecule has 0 aliphatic heterocycles. The topological polar surface area (TPSA) is 22.0 Å². The molecule has 2 aromatic rings. The lowest BCUT2D eigenvalue weighted by atomic mass is 10.2. The summed E-state index contributed by atoms with van der Waals surface area (Å²) in [6.45, 7) is 1.56. The van der Waals surface area contributed by atoms with Crippen LogP contribution in [0.1, 0.15) is 11.7 Å². The first-order valence-electron chi connectivity index (χ1n) is 3.86. The number of carbonyl (C=O) groups excluding carboxylic acids is 1. The smallest absolute Gasteiger partial charge is 0.227 e. The van der Waals surface area contributed by atoms with Crippen molar-refractivity contribution in [3.05, 3.63) is 36.5 Å². The van der Waals surface area contributed by atoms with Crippen molar-refractivity contribution < 1.29 is 4.79 Å². The minimum Gasteiger partial charge on any atom is -0.287 e. The zero-order valence-electron chi connectivity index (χ0n) is 6.82. The normalized spacial score (nSPS) is 10.4. The third kappa shape index (κ3) is 0.925. The molecule has 0 spiro atoms. The largest absolute Gasteiger partial charge is 0.287 e. The second-order valence-corrected chi connectivity index (χ2v) is 2.76. The fourth-order valence-corrected chi connectivity index (χ4v) is 1.36. The Labute approximate surface area is 70.4 Å². The molecular weight excluding hydrogens is 150 g/mol. The van der Waals surface area contributed by atoms with Crippen molar-refractivity contribution in [1.82, 2.24) is 4.57 Å². The van der Waals surface area contributed by atoms with E-state index in [1.807, 2.05) is 30.3 Å². The second kappa shape index (κ2) is 2.48. The minimum absolute atomic E-state index is 0.0520. The van der Waals surface area contributed by atoms with E-state index in [9.17, 15) is 4.79 Å². The quantitative estimate of drug-likeness (QED) is 0.578. The Balaban J connectivity index is 2.79. The lowest BCUT2D eigenvalue weighted by Crippen LogP contribution is -2.02. The highest BCUT2D eigenvalue weighted by atomic mass is 16.1. The van der Waals surface area contributed by atoms with Crippen molar-refractivity contribution in [2.75, 3.05) is 0 Å². The molecule has 1 heterocycles. The van der Waals surface area contributed by atoms with Gasteiger partial charge in [0.05, 0.1) is 5.52 Å². The Morgan fingerprint density at radius 1 is 1.25 bits per heavy atom. The Hall–Kier alpha value is -1.57. The summed E-state index contributed by atoms with van der Waals surface area (Å²) in [5.74, 6) is 0.0520. The van der Waals surface area contributed by atoms with Gasteiger partial charge in [0.15, 0.2) is 0 Å². The fraction of sp³-hybridized carbons (Fsp3) is 0.100. The summed E-state index contributed by atoms with van der Waals surface area (Å²) in [5.41, 5.74) is 0.977. The fourth-order valence-electron chi connectivity index (χ4n) is 1.36. The molecule has 0 N–H and O–H groups in total. The molecule has 0 unspecified atom stereocenters. The van der Waals surface area contributed by atoms with Crippen LogP contribution < -0.4 is 0 Å². The lowest BCUT2D eigenvalue weighted by Gasteiger charge is -1.97. The van der Waals surface area contributed by atoms with Crippen LogP contribution >= 0.6 is 0 Å². The molecule has 0 aliphatic carbocycles. The van der Waals surface area contributed by atoms with Crippen LogP contribution in [-0.2, 0) is 0 Å². The highest BCUT2D eigenvalue weighted by Crippen LogP contribution is 2.14. The van der Waals surface area contributed by atoms with E-state index in [-0.39, 0.29) is 5.91 Å². The average molecular weight is 159 g/mol. The van der Waals surface area contributed by atoms with Gasteiger partial charge in [-0.3, -0.25) is 9.36 Å². The Morgan fingerprint density at radius 3 is 2.75 bits per heavy atom. The summed E-state index contributed by atoms with van der Waals surface area (Å²) in [6, 6.07) is 9.77. The van der Waals surface area contributed by atoms with Crippen LogP contribution in [0, 0.1) is 0 Å². The van der Waals surface area contributed by atoms with Gasteiger partial charge in [0, 0.05) is 18.5 Å². The van der Waals surface area contributed by atoms with Crippen LogP contribution in [0.3, 0.4) is 0 Å². The molecule has 0 fully saturated rings. The summed E-state index contributed by atoms with van der Waals surface area (Å²) in [6.07, 6.45) is 1.80. The number of hydrogen-bond acceptors (Lipinski definition) is 1. The molecule has 0 radical (unpaired) electrons. The van der Waals surface area contributed by atoms with E-state index in [0.29, 0.717) is 0 Å². The number of carbonyl (C=O) groups is 1. The van der Waals surface area contributed by atoms with Gasteiger partial charge >= 0.3 is 0 Å². The van der Waals surface area contributed by atoms with Crippen molar-refractivity contribution in [1.29, 1.82) is 0 Å². The summed E-state index contributed by atoms with van der Waals surface area (Å²) >= 11 is 0. The van der Waals surface area contributed by atoms with Gasteiger partial charge < -0.3 is 0 Å². The lowest BCUT2D eigenvalue weighted by molar-refractivity contribution is 0.0941. The average Bonchev–Trinajstić information content (AvgIpc) is 2.47. The molecule has 1 aromatic carbocycles. The van der Waals surface area contributed by atoms with E-state index in [4.69, 9.17) is 0 Å². The van der Waals surface area contributed by atoms with Gasteiger partial charge in [0.2, 0.25) is 5.91 Å².